The third-order valence-electron chi connectivity index (χ3n) is 2.71. The Labute approximate surface area is 103 Å². The highest BCUT2D eigenvalue weighted by molar-refractivity contribution is 5.85. The highest BCUT2D eigenvalue weighted by Gasteiger charge is 2.10. The van der Waals surface area contributed by atoms with E-state index in [0.29, 0.717) is 23.1 Å². The summed E-state index contributed by atoms with van der Waals surface area (Å²) in [5.74, 6) is 0.0498. The Morgan fingerprint density at radius 2 is 2.33 bits per heavy atom. The molecule has 0 aliphatic rings. The van der Waals surface area contributed by atoms with Crippen LogP contribution in [0.25, 0.3) is 10.9 Å². The summed E-state index contributed by atoms with van der Waals surface area (Å²) in [6.07, 6.45) is 1.09. The first-order chi connectivity index (χ1) is 8.61. The van der Waals surface area contributed by atoms with E-state index in [0.717, 1.165) is 5.56 Å². The van der Waals surface area contributed by atoms with E-state index in [2.05, 4.69) is 10.3 Å². The molecule has 0 saturated heterocycles. The quantitative estimate of drug-likeness (QED) is 0.780. The molecule has 0 saturated carbocycles. The summed E-state index contributed by atoms with van der Waals surface area (Å²) in [4.78, 5) is 13.2. The molecule has 0 spiro atoms. The van der Waals surface area contributed by atoms with Gasteiger partial charge in [0, 0.05) is 24.2 Å². The lowest BCUT2D eigenvalue weighted by Crippen LogP contribution is -2.23. The minimum atomic E-state index is -1.07. The van der Waals surface area contributed by atoms with Crippen molar-refractivity contribution in [3.05, 3.63) is 29.7 Å². The van der Waals surface area contributed by atoms with Crippen molar-refractivity contribution in [3.63, 3.8) is 0 Å². The summed E-state index contributed by atoms with van der Waals surface area (Å²) >= 11 is 0. The van der Waals surface area contributed by atoms with Crippen LogP contribution >= 0.6 is 0 Å². The van der Waals surface area contributed by atoms with E-state index in [1.54, 1.807) is 12.3 Å². The molecule has 2 aromatic rings. The Morgan fingerprint density at radius 3 is 3.00 bits per heavy atom. The first-order valence-electron chi connectivity index (χ1n) is 5.42. The highest BCUT2D eigenvalue weighted by Crippen LogP contribution is 2.26. The molecule has 0 aliphatic heterocycles. The van der Waals surface area contributed by atoms with Gasteiger partial charge in [-0.2, -0.15) is 0 Å². The summed E-state index contributed by atoms with van der Waals surface area (Å²) in [5.41, 5.74) is 1.25. The van der Waals surface area contributed by atoms with Crippen molar-refractivity contribution in [1.82, 2.24) is 10.3 Å². The number of methoxy groups -OCH3 is 1. The average Bonchev–Trinajstić information content (AvgIpc) is 2.72. The molecule has 1 amide bonds. The number of ether oxygens (including phenoxy) is 1. The zero-order chi connectivity index (χ0) is 13.1. The van der Waals surface area contributed by atoms with Crippen molar-refractivity contribution in [3.8, 4) is 5.75 Å². The molecule has 18 heavy (non-hydrogen) atoms. The molecule has 0 radical (unpaired) electrons. The fourth-order valence-corrected chi connectivity index (χ4v) is 1.85. The molecule has 0 atom stereocenters. The smallest absolute Gasteiger partial charge is 0.404 e. The number of aromatic nitrogens is 1. The van der Waals surface area contributed by atoms with Crippen LogP contribution in [0.5, 0.6) is 5.75 Å². The Balaban J connectivity index is 2.28. The van der Waals surface area contributed by atoms with Crippen LogP contribution in [0.2, 0.25) is 0 Å². The number of hydrogen-bond donors (Lipinski definition) is 3. The summed E-state index contributed by atoms with van der Waals surface area (Å²) in [5, 5.41) is 11.5. The van der Waals surface area contributed by atoms with Gasteiger partial charge in [0.25, 0.3) is 0 Å². The number of halogens is 1. The number of carboxylic acid groups (broad SMARTS) is 1. The van der Waals surface area contributed by atoms with Gasteiger partial charge in [-0.1, -0.05) is 0 Å². The largest absolute Gasteiger partial charge is 0.497 e. The van der Waals surface area contributed by atoms with Crippen LogP contribution in [0.1, 0.15) is 5.56 Å². The van der Waals surface area contributed by atoms with E-state index in [1.165, 1.54) is 13.2 Å². The maximum Gasteiger partial charge on any atom is 0.404 e. The second kappa shape index (κ2) is 4.95. The average molecular weight is 252 g/mol. The van der Waals surface area contributed by atoms with E-state index in [4.69, 9.17) is 9.84 Å². The number of amides is 1. The van der Waals surface area contributed by atoms with Crippen molar-refractivity contribution in [2.75, 3.05) is 13.7 Å². The molecule has 3 N–H and O–H groups in total. The molecule has 2 rings (SSSR count). The van der Waals surface area contributed by atoms with Crippen LogP contribution in [0, 0.1) is 5.82 Å². The molecule has 1 heterocycles. The highest BCUT2D eigenvalue weighted by atomic mass is 19.1. The Bertz CT molecular complexity index is 580. The monoisotopic (exact) mass is 252 g/mol. The summed E-state index contributed by atoms with van der Waals surface area (Å²) in [6.45, 7) is 0.279. The third-order valence-corrected chi connectivity index (χ3v) is 2.71. The van der Waals surface area contributed by atoms with E-state index >= 15 is 0 Å². The predicted molar refractivity (Wildman–Crippen MR) is 64.5 cm³/mol. The zero-order valence-electron chi connectivity index (χ0n) is 9.79. The number of carbonyl (C=O) groups is 1. The van der Waals surface area contributed by atoms with Gasteiger partial charge in [-0.25, -0.2) is 9.18 Å². The number of H-pyrrole nitrogens is 1. The number of fused-ring (bicyclic) bond motifs is 1. The Kier molecular flexibility index (Phi) is 3.36. The lowest BCUT2D eigenvalue weighted by molar-refractivity contribution is 0.194. The van der Waals surface area contributed by atoms with Gasteiger partial charge in [-0.15, -0.1) is 0 Å². The molecule has 1 aromatic heterocycles. The van der Waals surface area contributed by atoms with Gasteiger partial charge >= 0.3 is 6.09 Å². The summed E-state index contributed by atoms with van der Waals surface area (Å²) < 4.78 is 18.7. The summed E-state index contributed by atoms with van der Waals surface area (Å²) in [7, 11) is 1.47. The van der Waals surface area contributed by atoms with Crippen molar-refractivity contribution >= 4 is 17.0 Å². The van der Waals surface area contributed by atoms with Gasteiger partial charge in [0.1, 0.15) is 5.75 Å². The fraction of sp³-hybridized carbons (Fsp3) is 0.250. The second-order valence-corrected chi connectivity index (χ2v) is 3.83. The number of benzene rings is 1. The molecular formula is C12H13FN2O3. The topological polar surface area (TPSA) is 74.3 Å². The summed E-state index contributed by atoms with van der Waals surface area (Å²) in [6, 6.07) is 3.03. The maximum absolute atomic E-state index is 13.7. The molecule has 0 fully saturated rings. The molecule has 5 nitrogen and oxygen atoms in total. The van der Waals surface area contributed by atoms with E-state index in [9.17, 15) is 9.18 Å². The van der Waals surface area contributed by atoms with Gasteiger partial charge in [0.2, 0.25) is 0 Å². The van der Waals surface area contributed by atoms with Crippen LogP contribution in [-0.4, -0.2) is 29.8 Å². The van der Waals surface area contributed by atoms with Gasteiger partial charge in [0.15, 0.2) is 5.82 Å². The van der Waals surface area contributed by atoms with Crippen LogP contribution in [-0.2, 0) is 6.42 Å². The van der Waals surface area contributed by atoms with Crippen molar-refractivity contribution in [1.29, 1.82) is 0 Å². The number of rotatable bonds is 4. The minimum absolute atomic E-state index is 0.279. The third kappa shape index (κ3) is 2.37. The SMILES string of the molecule is COc1cc(F)c2[nH]cc(CCNC(=O)O)c2c1. The van der Waals surface area contributed by atoms with Crippen molar-refractivity contribution in [2.24, 2.45) is 0 Å². The van der Waals surface area contributed by atoms with Gasteiger partial charge in [0.05, 0.1) is 12.6 Å². The predicted octanol–water partition coefficient (Wildman–Crippen LogP) is 2.13. The maximum atomic E-state index is 13.7. The lowest BCUT2D eigenvalue weighted by Gasteiger charge is -2.03. The van der Waals surface area contributed by atoms with Crippen LogP contribution in [0.15, 0.2) is 18.3 Å². The molecule has 0 bridgehead atoms. The van der Waals surface area contributed by atoms with E-state index in [-0.39, 0.29) is 12.4 Å². The first-order valence-corrected chi connectivity index (χ1v) is 5.42. The minimum Gasteiger partial charge on any atom is -0.497 e. The number of hydrogen-bond acceptors (Lipinski definition) is 2. The van der Waals surface area contributed by atoms with Crippen molar-refractivity contribution < 1.29 is 19.0 Å². The lowest BCUT2D eigenvalue weighted by atomic mass is 10.1. The molecular weight excluding hydrogens is 239 g/mol. The van der Waals surface area contributed by atoms with Crippen LogP contribution in [0.3, 0.4) is 0 Å². The zero-order valence-corrected chi connectivity index (χ0v) is 9.79. The normalized spacial score (nSPS) is 10.6. The van der Waals surface area contributed by atoms with Crippen LogP contribution < -0.4 is 10.1 Å². The van der Waals surface area contributed by atoms with Crippen molar-refractivity contribution in [2.45, 2.75) is 6.42 Å². The van der Waals surface area contributed by atoms with Gasteiger partial charge < -0.3 is 20.1 Å². The number of nitrogens with one attached hydrogen (secondary N) is 2. The van der Waals surface area contributed by atoms with E-state index < -0.39 is 6.09 Å². The Morgan fingerprint density at radius 1 is 1.56 bits per heavy atom. The molecule has 1 aromatic carbocycles. The van der Waals surface area contributed by atoms with Gasteiger partial charge in [-0.3, -0.25) is 0 Å². The van der Waals surface area contributed by atoms with Gasteiger partial charge in [-0.05, 0) is 18.1 Å². The standard InChI is InChI=1S/C12H13FN2O3/c1-18-8-4-9-7(2-3-14-12(16)17)6-15-11(9)10(13)5-8/h4-6,14-15H,2-3H2,1H3,(H,16,17). The first kappa shape index (κ1) is 12.2. The molecule has 0 aliphatic carbocycles. The molecule has 6 heteroatoms. The second-order valence-electron chi connectivity index (χ2n) is 3.83. The Hall–Kier alpha value is -2.24. The fourth-order valence-electron chi connectivity index (χ4n) is 1.85. The molecule has 0 unspecified atom stereocenters. The molecule has 96 valence electrons. The van der Waals surface area contributed by atoms with Crippen LogP contribution in [0.4, 0.5) is 9.18 Å². The van der Waals surface area contributed by atoms with E-state index in [1.807, 2.05) is 0 Å². The number of aromatic amines is 1.